The van der Waals surface area contributed by atoms with Gasteiger partial charge < -0.3 is 10.1 Å². The van der Waals surface area contributed by atoms with Gasteiger partial charge in [-0.2, -0.15) is 0 Å². The summed E-state index contributed by atoms with van der Waals surface area (Å²) in [5.41, 5.74) is 7.99. The minimum Gasteiger partial charge on any atom is -0.445 e. The Balaban J connectivity index is 2.01. The highest BCUT2D eigenvalue weighted by atomic mass is 16.5. The van der Waals surface area contributed by atoms with Crippen LogP contribution in [0.5, 0.6) is 0 Å². The van der Waals surface area contributed by atoms with Gasteiger partial charge in [-0.25, -0.2) is 4.79 Å². The molecule has 1 aromatic rings. The molecule has 4 heteroatoms. The van der Waals surface area contributed by atoms with Gasteiger partial charge >= 0.3 is 6.09 Å². The normalized spacial score (nSPS) is 10.1. The lowest BCUT2D eigenvalue weighted by molar-refractivity contribution is 0.139. The molecular formula is C14H21N2O2. The molecule has 1 aromatic carbocycles. The van der Waals surface area contributed by atoms with Crippen molar-refractivity contribution in [2.75, 3.05) is 13.1 Å². The minimum absolute atomic E-state index is 0.311. The second-order valence-electron chi connectivity index (χ2n) is 4.15. The molecule has 0 fully saturated rings. The largest absolute Gasteiger partial charge is 0.445 e. The molecule has 4 nitrogen and oxygen atoms in total. The third-order valence-electron chi connectivity index (χ3n) is 2.59. The van der Waals surface area contributed by atoms with Crippen molar-refractivity contribution in [2.24, 2.45) is 0 Å². The quantitative estimate of drug-likeness (QED) is 0.720. The van der Waals surface area contributed by atoms with E-state index in [0.29, 0.717) is 19.7 Å². The van der Waals surface area contributed by atoms with Crippen molar-refractivity contribution in [1.29, 1.82) is 0 Å². The van der Waals surface area contributed by atoms with Gasteiger partial charge in [-0.05, 0) is 18.4 Å². The number of amides is 1. The predicted molar refractivity (Wildman–Crippen MR) is 71.1 cm³/mol. The first kappa shape index (κ1) is 14.5. The molecule has 1 amide bonds. The fourth-order valence-corrected chi connectivity index (χ4v) is 1.57. The SMILES string of the molecule is [NH]CCCCCCNC(=O)OCc1ccccc1. The maximum Gasteiger partial charge on any atom is 0.407 e. The van der Waals surface area contributed by atoms with Crippen LogP contribution < -0.4 is 11.1 Å². The van der Waals surface area contributed by atoms with Gasteiger partial charge in [0, 0.05) is 13.1 Å². The topological polar surface area (TPSA) is 62.1 Å². The molecule has 18 heavy (non-hydrogen) atoms. The summed E-state index contributed by atoms with van der Waals surface area (Å²) in [6, 6.07) is 9.62. The van der Waals surface area contributed by atoms with E-state index in [1.165, 1.54) is 0 Å². The number of ether oxygens (including phenoxy) is 1. The van der Waals surface area contributed by atoms with Crippen LogP contribution in [0.2, 0.25) is 0 Å². The Morgan fingerprint density at radius 1 is 1.11 bits per heavy atom. The van der Waals surface area contributed by atoms with E-state index in [2.05, 4.69) is 5.32 Å². The number of carbonyl (C=O) groups excluding carboxylic acids is 1. The lowest BCUT2D eigenvalue weighted by Crippen LogP contribution is -2.25. The van der Waals surface area contributed by atoms with Crippen molar-refractivity contribution in [3.63, 3.8) is 0 Å². The second kappa shape index (κ2) is 9.48. The summed E-state index contributed by atoms with van der Waals surface area (Å²) < 4.78 is 5.08. The van der Waals surface area contributed by atoms with Gasteiger partial charge in [-0.1, -0.05) is 43.2 Å². The second-order valence-corrected chi connectivity index (χ2v) is 4.15. The molecule has 0 saturated heterocycles. The van der Waals surface area contributed by atoms with Crippen LogP contribution in [0.25, 0.3) is 0 Å². The number of nitrogens with one attached hydrogen (secondary N) is 2. The number of hydrogen-bond acceptors (Lipinski definition) is 2. The molecule has 0 aliphatic heterocycles. The third-order valence-corrected chi connectivity index (χ3v) is 2.59. The van der Waals surface area contributed by atoms with Gasteiger partial charge in [0.25, 0.3) is 0 Å². The molecule has 0 unspecified atom stereocenters. The lowest BCUT2D eigenvalue weighted by atomic mass is 10.2. The summed E-state index contributed by atoms with van der Waals surface area (Å²) in [5, 5.41) is 2.72. The van der Waals surface area contributed by atoms with Crippen LogP contribution in [0.4, 0.5) is 4.79 Å². The van der Waals surface area contributed by atoms with E-state index >= 15 is 0 Å². The first-order valence-electron chi connectivity index (χ1n) is 6.42. The van der Waals surface area contributed by atoms with Gasteiger partial charge in [0.2, 0.25) is 0 Å². The molecule has 1 radical (unpaired) electrons. The van der Waals surface area contributed by atoms with Crippen LogP contribution in [0.1, 0.15) is 31.2 Å². The number of unbranched alkanes of at least 4 members (excludes halogenated alkanes) is 3. The summed E-state index contributed by atoms with van der Waals surface area (Å²) in [5.74, 6) is 0. The number of alkyl carbamates (subject to hydrolysis) is 1. The van der Waals surface area contributed by atoms with Crippen molar-refractivity contribution in [1.82, 2.24) is 11.1 Å². The standard InChI is InChI=1S/C14H21N2O2/c15-10-6-1-2-7-11-16-14(17)18-12-13-8-4-3-5-9-13/h3-5,8-9,15H,1-2,6-7,10-12H2,(H,16,17). The van der Waals surface area contributed by atoms with E-state index in [-0.39, 0.29) is 6.09 Å². The van der Waals surface area contributed by atoms with Crippen LogP contribution in [-0.2, 0) is 11.3 Å². The smallest absolute Gasteiger partial charge is 0.407 e. The predicted octanol–water partition coefficient (Wildman–Crippen LogP) is 2.76. The Kier molecular flexibility index (Phi) is 7.64. The third kappa shape index (κ3) is 6.91. The van der Waals surface area contributed by atoms with E-state index in [9.17, 15) is 4.79 Å². The summed E-state index contributed by atoms with van der Waals surface area (Å²) in [6.45, 7) is 1.45. The van der Waals surface area contributed by atoms with Crippen molar-refractivity contribution in [3.05, 3.63) is 35.9 Å². The molecule has 2 N–H and O–H groups in total. The zero-order chi connectivity index (χ0) is 13.1. The molecule has 0 aliphatic rings. The average Bonchev–Trinajstić information content (AvgIpc) is 2.41. The number of rotatable bonds is 8. The van der Waals surface area contributed by atoms with Gasteiger partial charge in [-0.15, -0.1) is 0 Å². The van der Waals surface area contributed by atoms with E-state index in [1.54, 1.807) is 0 Å². The highest BCUT2D eigenvalue weighted by Gasteiger charge is 2.01. The summed E-state index contributed by atoms with van der Waals surface area (Å²) >= 11 is 0. The maximum absolute atomic E-state index is 11.3. The zero-order valence-corrected chi connectivity index (χ0v) is 10.7. The Bertz CT molecular complexity index is 328. The molecule has 0 bridgehead atoms. The summed E-state index contributed by atoms with van der Waals surface area (Å²) in [6.07, 6.45) is 3.64. The van der Waals surface area contributed by atoms with Gasteiger partial charge in [-0.3, -0.25) is 5.73 Å². The van der Waals surface area contributed by atoms with Gasteiger partial charge in [0.1, 0.15) is 6.61 Å². The van der Waals surface area contributed by atoms with E-state index in [1.807, 2.05) is 30.3 Å². The first-order valence-corrected chi connectivity index (χ1v) is 6.42. The number of benzene rings is 1. The molecule has 0 aromatic heterocycles. The van der Waals surface area contributed by atoms with E-state index < -0.39 is 0 Å². The zero-order valence-electron chi connectivity index (χ0n) is 10.7. The molecule has 0 heterocycles. The van der Waals surface area contributed by atoms with Crippen LogP contribution in [-0.4, -0.2) is 19.2 Å². The van der Waals surface area contributed by atoms with E-state index in [0.717, 1.165) is 31.2 Å². The fraction of sp³-hybridized carbons (Fsp3) is 0.500. The van der Waals surface area contributed by atoms with E-state index in [4.69, 9.17) is 10.5 Å². The van der Waals surface area contributed by atoms with Crippen LogP contribution in [0.15, 0.2) is 30.3 Å². The maximum atomic E-state index is 11.3. The highest BCUT2D eigenvalue weighted by molar-refractivity contribution is 5.67. The Hall–Kier alpha value is -1.55. The van der Waals surface area contributed by atoms with Crippen molar-refractivity contribution in [3.8, 4) is 0 Å². The average molecular weight is 249 g/mol. The molecule has 0 spiro atoms. The molecular weight excluding hydrogens is 228 g/mol. The molecule has 99 valence electrons. The molecule has 1 rings (SSSR count). The van der Waals surface area contributed by atoms with Gasteiger partial charge in [0.05, 0.1) is 0 Å². The van der Waals surface area contributed by atoms with Crippen LogP contribution >= 0.6 is 0 Å². The minimum atomic E-state index is -0.362. The summed E-state index contributed by atoms with van der Waals surface area (Å²) in [4.78, 5) is 11.3. The number of hydrogen-bond donors (Lipinski definition) is 1. The Morgan fingerprint density at radius 2 is 1.83 bits per heavy atom. The highest BCUT2D eigenvalue weighted by Crippen LogP contribution is 2.01. The van der Waals surface area contributed by atoms with Crippen LogP contribution in [0, 0.1) is 0 Å². The monoisotopic (exact) mass is 249 g/mol. The van der Waals surface area contributed by atoms with Crippen molar-refractivity contribution in [2.45, 2.75) is 32.3 Å². The van der Waals surface area contributed by atoms with Crippen molar-refractivity contribution >= 4 is 6.09 Å². The van der Waals surface area contributed by atoms with Crippen LogP contribution in [0.3, 0.4) is 0 Å². The first-order chi connectivity index (χ1) is 8.83. The Morgan fingerprint density at radius 3 is 2.56 bits per heavy atom. The van der Waals surface area contributed by atoms with Crippen molar-refractivity contribution < 1.29 is 9.53 Å². The molecule has 0 aliphatic carbocycles. The fourth-order valence-electron chi connectivity index (χ4n) is 1.57. The Labute approximate surface area is 109 Å². The summed E-state index contributed by atoms with van der Waals surface area (Å²) in [7, 11) is 0. The molecule has 0 atom stereocenters. The molecule has 0 saturated carbocycles. The van der Waals surface area contributed by atoms with Gasteiger partial charge in [0.15, 0.2) is 0 Å². The number of carbonyl (C=O) groups is 1. The lowest BCUT2D eigenvalue weighted by Gasteiger charge is -2.06.